The molecule has 0 aliphatic carbocycles. The number of aliphatic hydroxyl groups excluding tert-OH is 1. The summed E-state index contributed by atoms with van der Waals surface area (Å²) in [6.07, 6.45) is 3.99. The van der Waals surface area contributed by atoms with Gasteiger partial charge in [-0.25, -0.2) is 0 Å². The third-order valence-electron chi connectivity index (χ3n) is 1.37. The first-order chi connectivity index (χ1) is 4.70. The van der Waals surface area contributed by atoms with Crippen LogP contribution >= 0.6 is 0 Å². The minimum atomic E-state index is -0.0807. The molecule has 0 rings (SSSR count). The third-order valence-corrected chi connectivity index (χ3v) is 1.37. The molecular weight excluding hydrogens is 126 g/mol. The fourth-order valence-corrected chi connectivity index (χ4v) is 0.910. The molecular formula is C8H17NO. The van der Waals surface area contributed by atoms with Crippen LogP contribution in [0.4, 0.5) is 0 Å². The highest BCUT2D eigenvalue weighted by atomic mass is 16.3. The Bertz CT molecular complexity index is 110. The maximum absolute atomic E-state index is 8.60. The Balaban J connectivity index is 3.56. The summed E-state index contributed by atoms with van der Waals surface area (Å²) in [6.45, 7) is 4.21. The Kier molecular flexibility index (Phi) is 5.26. The SMILES string of the molecule is CC/C=C(\C)CC(N)CO. The largest absolute Gasteiger partial charge is 0.395 e. The summed E-state index contributed by atoms with van der Waals surface area (Å²) in [6, 6.07) is -0.0807. The first kappa shape index (κ1) is 9.66. The molecule has 60 valence electrons. The van der Waals surface area contributed by atoms with Crippen LogP contribution in [0.5, 0.6) is 0 Å². The van der Waals surface area contributed by atoms with Gasteiger partial charge in [-0.2, -0.15) is 0 Å². The van der Waals surface area contributed by atoms with Crippen molar-refractivity contribution in [2.24, 2.45) is 5.73 Å². The highest BCUT2D eigenvalue weighted by Crippen LogP contribution is 2.03. The first-order valence-electron chi connectivity index (χ1n) is 3.72. The van der Waals surface area contributed by atoms with Crippen molar-refractivity contribution in [3.8, 4) is 0 Å². The Morgan fingerprint density at radius 3 is 2.70 bits per heavy atom. The van der Waals surface area contributed by atoms with E-state index in [0.717, 1.165) is 12.8 Å². The molecule has 0 amide bonds. The second-order valence-corrected chi connectivity index (χ2v) is 2.61. The molecule has 1 unspecified atom stereocenters. The summed E-state index contributed by atoms with van der Waals surface area (Å²) < 4.78 is 0. The zero-order valence-electron chi connectivity index (χ0n) is 6.80. The smallest absolute Gasteiger partial charge is 0.0585 e. The number of rotatable bonds is 4. The van der Waals surface area contributed by atoms with Gasteiger partial charge in [0.2, 0.25) is 0 Å². The van der Waals surface area contributed by atoms with Gasteiger partial charge in [-0.05, 0) is 19.8 Å². The molecule has 0 saturated heterocycles. The molecule has 2 heteroatoms. The van der Waals surface area contributed by atoms with E-state index in [1.165, 1.54) is 5.57 Å². The Morgan fingerprint density at radius 1 is 1.70 bits per heavy atom. The van der Waals surface area contributed by atoms with E-state index in [0.29, 0.717) is 0 Å². The number of allylic oxidation sites excluding steroid dienone is 1. The van der Waals surface area contributed by atoms with Crippen LogP contribution in [0.15, 0.2) is 11.6 Å². The second kappa shape index (κ2) is 5.45. The van der Waals surface area contributed by atoms with Crippen molar-refractivity contribution in [3.05, 3.63) is 11.6 Å². The minimum Gasteiger partial charge on any atom is -0.395 e. The van der Waals surface area contributed by atoms with E-state index in [1.54, 1.807) is 0 Å². The van der Waals surface area contributed by atoms with Gasteiger partial charge >= 0.3 is 0 Å². The molecule has 0 spiro atoms. The Morgan fingerprint density at radius 2 is 2.30 bits per heavy atom. The van der Waals surface area contributed by atoms with E-state index in [4.69, 9.17) is 10.8 Å². The van der Waals surface area contributed by atoms with E-state index in [-0.39, 0.29) is 12.6 Å². The van der Waals surface area contributed by atoms with Crippen LogP contribution in [-0.4, -0.2) is 17.8 Å². The Labute approximate surface area is 62.7 Å². The van der Waals surface area contributed by atoms with Crippen molar-refractivity contribution in [2.45, 2.75) is 32.7 Å². The molecule has 0 heterocycles. The van der Waals surface area contributed by atoms with Gasteiger partial charge in [0.1, 0.15) is 0 Å². The lowest BCUT2D eigenvalue weighted by Gasteiger charge is -2.06. The van der Waals surface area contributed by atoms with E-state index >= 15 is 0 Å². The quantitative estimate of drug-likeness (QED) is 0.578. The van der Waals surface area contributed by atoms with Crippen molar-refractivity contribution in [2.75, 3.05) is 6.61 Å². The molecule has 2 nitrogen and oxygen atoms in total. The maximum Gasteiger partial charge on any atom is 0.0585 e. The van der Waals surface area contributed by atoms with Gasteiger partial charge in [-0.1, -0.05) is 18.6 Å². The van der Waals surface area contributed by atoms with Gasteiger partial charge in [-0.3, -0.25) is 0 Å². The van der Waals surface area contributed by atoms with Crippen LogP contribution in [0.2, 0.25) is 0 Å². The normalized spacial score (nSPS) is 15.4. The molecule has 0 bridgehead atoms. The number of aliphatic hydroxyl groups is 1. The molecule has 0 saturated carbocycles. The molecule has 0 aromatic carbocycles. The molecule has 0 fully saturated rings. The molecule has 1 atom stereocenters. The number of nitrogens with two attached hydrogens (primary N) is 1. The minimum absolute atomic E-state index is 0.0783. The van der Waals surface area contributed by atoms with Gasteiger partial charge in [0.05, 0.1) is 6.61 Å². The van der Waals surface area contributed by atoms with Gasteiger partial charge in [0.15, 0.2) is 0 Å². The predicted octanol–water partition coefficient (Wildman–Crippen LogP) is 1.05. The summed E-state index contributed by atoms with van der Waals surface area (Å²) in [5.41, 5.74) is 6.78. The van der Waals surface area contributed by atoms with Crippen LogP contribution in [-0.2, 0) is 0 Å². The third kappa shape index (κ3) is 4.53. The summed E-state index contributed by atoms with van der Waals surface area (Å²) in [7, 11) is 0. The average molecular weight is 143 g/mol. The maximum atomic E-state index is 8.60. The summed E-state index contributed by atoms with van der Waals surface area (Å²) in [5, 5.41) is 8.60. The lowest BCUT2D eigenvalue weighted by Crippen LogP contribution is -2.24. The lowest BCUT2D eigenvalue weighted by molar-refractivity contribution is 0.265. The molecule has 0 aliphatic rings. The fourth-order valence-electron chi connectivity index (χ4n) is 0.910. The standard InChI is InChI=1S/C8H17NO/c1-3-4-7(2)5-8(9)6-10/h4,8,10H,3,5-6,9H2,1-2H3/b7-4+. The zero-order chi connectivity index (χ0) is 7.98. The fraction of sp³-hybridized carbons (Fsp3) is 0.750. The van der Waals surface area contributed by atoms with Gasteiger partial charge < -0.3 is 10.8 Å². The van der Waals surface area contributed by atoms with Gasteiger partial charge in [0.25, 0.3) is 0 Å². The average Bonchev–Trinajstić information content (AvgIpc) is 1.88. The first-order valence-corrected chi connectivity index (χ1v) is 3.72. The number of hydrogen-bond acceptors (Lipinski definition) is 2. The molecule has 10 heavy (non-hydrogen) atoms. The highest BCUT2D eigenvalue weighted by molar-refractivity contribution is 4.99. The van der Waals surface area contributed by atoms with E-state index in [9.17, 15) is 0 Å². The van der Waals surface area contributed by atoms with Crippen LogP contribution in [0.25, 0.3) is 0 Å². The molecule has 0 radical (unpaired) electrons. The molecule has 0 aromatic rings. The predicted molar refractivity (Wildman–Crippen MR) is 43.7 cm³/mol. The number of hydrogen-bond donors (Lipinski definition) is 2. The van der Waals surface area contributed by atoms with E-state index in [2.05, 4.69) is 13.0 Å². The van der Waals surface area contributed by atoms with Crippen molar-refractivity contribution in [1.29, 1.82) is 0 Å². The molecule has 0 aliphatic heterocycles. The van der Waals surface area contributed by atoms with Crippen molar-refractivity contribution < 1.29 is 5.11 Å². The van der Waals surface area contributed by atoms with E-state index in [1.807, 2.05) is 6.92 Å². The van der Waals surface area contributed by atoms with Crippen LogP contribution in [0, 0.1) is 0 Å². The monoisotopic (exact) mass is 143 g/mol. The van der Waals surface area contributed by atoms with Crippen molar-refractivity contribution in [1.82, 2.24) is 0 Å². The summed E-state index contributed by atoms with van der Waals surface area (Å²) in [4.78, 5) is 0. The highest BCUT2D eigenvalue weighted by Gasteiger charge is 1.99. The molecule has 3 N–H and O–H groups in total. The second-order valence-electron chi connectivity index (χ2n) is 2.61. The lowest BCUT2D eigenvalue weighted by atomic mass is 10.1. The van der Waals surface area contributed by atoms with Crippen LogP contribution in [0.1, 0.15) is 26.7 Å². The van der Waals surface area contributed by atoms with Crippen molar-refractivity contribution >= 4 is 0 Å². The van der Waals surface area contributed by atoms with Crippen molar-refractivity contribution in [3.63, 3.8) is 0 Å². The van der Waals surface area contributed by atoms with Crippen LogP contribution in [0.3, 0.4) is 0 Å². The Hall–Kier alpha value is -0.340. The van der Waals surface area contributed by atoms with Gasteiger partial charge in [-0.15, -0.1) is 0 Å². The van der Waals surface area contributed by atoms with Crippen LogP contribution < -0.4 is 5.73 Å². The topological polar surface area (TPSA) is 46.2 Å². The zero-order valence-corrected chi connectivity index (χ0v) is 6.80. The summed E-state index contributed by atoms with van der Waals surface area (Å²) in [5.74, 6) is 0. The van der Waals surface area contributed by atoms with Gasteiger partial charge in [0, 0.05) is 6.04 Å². The summed E-state index contributed by atoms with van der Waals surface area (Å²) >= 11 is 0. The van der Waals surface area contributed by atoms with E-state index < -0.39 is 0 Å². The molecule has 0 aromatic heterocycles.